The van der Waals surface area contributed by atoms with Gasteiger partial charge in [0, 0.05) is 18.7 Å². The number of carboxylic acids is 1. The molecule has 0 aliphatic carbocycles. The number of aliphatic carboxylic acids is 1. The Morgan fingerprint density at radius 3 is 2.74 bits per heavy atom. The van der Waals surface area contributed by atoms with Gasteiger partial charge in [-0.05, 0) is 24.3 Å². The van der Waals surface area contributed by atoms with Crippen molar-refractivity contribution >= 4 is 16.9 Å². The van der Waals surface area contributed by atoms with Crippen LogP contribution in [0, 0.1) is 0 Å². The van der Waals surface area contributed by atoms with Gasteiger partial charge in [-0.1, -0.05) is 6.07 Å². The summed E-state index contributed by atoms with van der Waals surface area (Å²) in [6, 6.07) is 9.35. The number of hydrogen-bond acceptors (Lipinski definition) is 5. The average molecular weight is 311 g/mol. The molecule has 0 spiro atoms. The number of phenolic OH excluding ortho intramolecular Hbond substituents is 1. The first-order valence-corrected chi connectivity index (χ1v) is 6.98. The van der Waals surface area contributed by atoms with E-state index in [1.54, 1.807) is 24.4 Å². The zero-order chi connectivity index (χ0) is 16.4. The van der Waals surface area contributed by atoms with Crippen molar-refractivity contribution in [2.75, 3.05) is 0 Å². The maximum Gasteiger partial charge on any atom is 0.303 e. The Hall–Kier alpha value is -3.15. The van der Waals surface area contributed by atoms with Crippen molar-refractivity contribution in [1.29, 1.82) is 0 Å². The Morgan fingerprint density at radius 2 is 2.04 bits per heavy atom. The number of aromatic hydroxyl groups is 1. The van der Waals surface area contributed by atoms with Crippen LogP contribution in [0.2, 0.25) is 0 Å². The predicted molar refractivity (Wildman–Crippen MR) is 83.3 cm³/mol. The van der Waals surface area contributed by atoms with E-state index in [4.69, 9.17) is 9.52 Å². The van der Waals surface area contributed by atoms with Crippen LogP contribution in [0.1, 0.15) is 12.2 Å². The van der Waals surface area contributed by atoms with Crippen LogP contribution in [-0.4, -0.2) is 21.2 Å². The molecule has 0 saturated carbocycles. The number of hydrogen-bond donors (Lipinski definition) is 2. The molecule has 0 saturated heterocycles. The molecule has 3 aromatic rings. The highest BCUT2D eigenvalue weighted by atomic mass is 16.4. The number of carbonyl (C=O) groups is 1. The fourth-order valence-corrected chi connectivity index (χ4v) is 2.39. The molecule has 0 aliphatic rings. The van der Waals surface area contributed by atoms with Gasteiger partial charge in [0.2, 0.25) is 5.43 Å². The number of pyridine rings is 1. The number of rotatable bonds is 4. The Kier molecular flexibility index (Phi) is 3.80. The molecule has 0 bridgehead atoms. The molecule has 0 fully saturated rings. The third-order valence-corrected chi connectivity index (χ3v) is 3.44. The summed E-state index contributed by atoms with van der Waals surface area (Å²) in [6.45, 7) is 0. The monoisotopic (exact) mass is 311 g/mol. The summed E-state index contributed by atoms with van der Waals surface area (Å²) in [7, 11) is 0. The van der Waals surface area contributed by atoms with Crippen molar-refractivity contribution in [3.05, 3.63) is 58.6 Å². The summed E-state index contributed by atoms with van der Waals surface area (Å²) in [5.41, 5.74) is 0.599. The van der Waals surface area contributed by atoms with Crippen molar-refractivity contribution in [3.63, 3.8) is 0 Å². The van der Waals surface area contributed by atoms with Gasteiger partial charge in [-0.25, -0.2) is 0 Å². The lowest BCUT2D eigenvalue weighted by atomic mass is 10.0. The maximum atomic E-state index is 12.8. The van der Waals surface area contributed by atoms with Gasteiger partial charge in [0.25, 0.3) is 0 Å². The van der Waals surface area contributed by atoms with Gasteiger partial charge >= 0.3 is 5.97 Å². The lowest BCUT2D eigenvalue weighted by Gasteiger charge is -2.09. The molecule has 6 heteroatoms. The molecule has 116 valence electrons. The molecule has 0 amide bonds. The van der Waals surface area contributed by atoms with E-state index < -0.39 is 5.97 Å². The Balaban J connectivity index is 2.28. The highest BCUT2D eigenvalue weighted by Crippen LogP contribution is 2.26. The minimum atomic E-state index is -0.990. The predicted octanol–water partition coefficient (Wildman–Crippen LogP) is 2.58. The van der Waals surface area contributed by atoms with E-state index in [-0.39, 0.29) is 40.9 Å². The van der Waals surface area contributed by atoms with Crippen LogP contribution in [-0.2, 0) is 11.2 Å². The molecule has 2 heterocycles. The molecule has 0 radical (unpaired) electrons. The number of phenols is 1. The second kappa shape index (κ2) is 5.92. The van der Waals surface area contributed by atoms with Gasteiger partial charge in [-0.2, -0.15) is 0 Å². The van der Waals surface area contributed by atoms with Crippen molar-refractivity contribution in [1.82, 2.24) is 4.98 Å². The summed E-state index contributed by atoms with van der Waals surface area (Å²) in [5.74, 6) is -0.778. The van der Waals surface area contributed by atoms with Crippen LogP contribution in [0.3, 0.4) is 0 Å². The van der Waals surface area contributed by atoms with E-state index in [0.29, 0.717) is 11.1 Å². The zero-order valence-corrected chi connectivity index (χ0v) is 12.0. The molecule has 2 N–H and O–H groups in total. The molecule has 0 unspecified atom stereocenters. The van der Waals surface area contributed by atoms with Crippen LogP contribution in [0.15, 0.2) is 51.8 Å². The van der Waals surface area contributed by atoms with Gasteiger partial charge in [0.05, 0.1) is 23.1 Å². The van der Waals surface area contributed by atoms with Crippen LogP contribution in [0.5, 0.6) is 5.75 Å². The van der Waals surface area contributed by atoms with Crippen LogP contribution < -0.4 is 5.43 Å². The van der Waals surface area contributed by atoms with Crippen molar-refractivity contribution in [3.8, 4) is 17.0 Å². The first-order valence-electron chi connectivity index (χ1n) is 6.98. The van der Waals surface area contributed by atoms with E-state index in [9.17, 15) is 14.7 Å². The quantitative estimate of drug-likeness (QED) is 0.768. The first kappa shape index (κ1) is 14.8. The summed E-state index contributed by atoms with van der Waals surface area (Å²) >= 11 is 0. The topological polar surface area (TPSA) is 101 Å². The average Bonchev–Trinajstić information content (AvgIpc) is 2.53. The van der Waals surface area contributed by atoms with E-state index >= 15 is 0 Å². The fraction of sp³-hybridized carbons (Fsp3) is 0.118. The lowest BCUT2D eigenvalue weighted by Crippen LogP contribution is -2.11. The SMILES string of the molecule is O=C(O)CCc1oc2cc(O)ccc2c(=O)c1-c1ccccn1. The smallest absolute Gasteiger partial charge is 0.303 e. The highest BCUT2D eigenvalue weighted by Gasteiger charge is 2.18. The molecule has 3 rings (SSSR count). The highest BCUT2D eigenvalue weighted by molar-refractivity contribution is 5.83. The zero-order valence-electron chi connectivity index (χ0n) is 12.0. The van der Waals surface area contributed by atoms with E-state index in [1.165, 1.54) is 18.2 Å². The van der Waals surface area contributed by atoms with E-state index in [2.05, 4.69) is 4.98 Å². The van der Waals surface area contributed by atoms with E-state index in [0.717, 1.165) is 0 Å². The Labute approximate surface area is 130 Å². The van der Waals surface area contributed by atoms with Gasteiger partial charge in [0.15, 0.2) is 0 Å². The second-order valence-electron chi connectivity index (χ2n) is 5.02. The molecule has 1 aromatic carbocycles. The number of nitrogens with zero attached hydrogens (tertiary/aromatic N) is 1. The summed E-state index contributed by atoms with van der Waals surface area (Å²) in [6.07, 6.45) is 1.44. The van der Waals surface area contributed by atoms with Crippen LogP contribution >= 0.6 is 0 Å². The number of fused-ring (bicyclic) bond motifs is 1. The normalized spacial score (nSPS) is 10.8. The van der Waals surface area contributed by atoms with Crippen LogP contribution in [0.4, 0.5) is 0 Å². The third kappa shape index (κ3) is 2.91. The van der Waals surface area contributed by atoms with Crippen molar-refractivity contribution in [2.24, 2.45) is 0 Å². The lowest BCUT2D eigenvalue weighted by molar-refractivity contribution is -0.137. The van der Waals surface area contributed by atoms with Gasteiger partial charge in [-0.15, -0.1) is 0 Å². The molecule has 0 aliphatic heterocycles. The van der Waals surface area contributed by atoms with Gasteiger partial charge in [-0.3, -0.25) is 14.6 Å². The first-order chi connectivity index (χ1) is 11.1. The van der Waals surface area contributed by atoms with E-state index in [1.807, 2.05) is 0 Å². The number of carboxylic acid groups (broad SMARTS) is 1. The minimum absolute atomic E-state index is 0.0320. The van der Waals surface area contributed by atoms with Crippen molar-refractivity contribution < 1.29 is 19.4 Å². The molecule has 6 nitrogen and oxygen atoms in total. The van der Waals surface area contributed by atoms with Gasteiger partial charge < -0.3 is 14.6 Å². The largest absolute Gasteiger partial charge is 0.508 e. The standard InChI is InChI=1S/C17H13NO5/c19-10-4-5-11-14(9-10)23-13(6-7-15(20)21)16(17(11)22)12-3-1-2-8-18-12/h1-5,8-9,19H,6-7H2,(H,20,21). The number of aromatic nitrogens is 1. The van der Waals surface area contributed by atoms with Crippen molar-refractivity contribution in [2.45, 2.75) is 12.8 Å². The molecular formula is C17H13NO5. The van der Waals surface area contributed by atoms with Gasteiger partial charge in [0.1, 0.15) is 17.1 Å². The summed E-state index contributed by atoms with van der Waals surface area (Å²) in [5, 5.41) is 18.7. The third-order valence-electron chi connectivity index (χ3n) is 3.44. The summed E-state index contributed by atoms with van der Waals surface area (Å²) < 4.78 is 5.70. The minimum Gasteiger partial charge on any atom is -0.508 e. The molecule has 0 atom stereocenters. The number of aryl methyl sites for hydroxylation is 1. The Bertz CT molecular complexity index is 931. The molecule has 23 heavy (non-hydrogen) atoms. The number of benzene rings is 1. The molecule has 2 aromatic heterocycles. The second-order valence-corrected chi connectivity index (χ2v) is 5.02. The molecular weight excluding hydrogens is 298 g/mol. The van der Waals surface area contributed by atoms with Crippen LogP contribution in [0.25, 0.3) is 22.2 Å². The summed E-state index contributed by atoms with van der Waals surface area (Å²) in [4.78, 5) is 27.8. The maximum absolute atomic E-state index is 12.8. The fourth-order valence-electron chi connectivity index (χ4n) is 2.39. The Morgan fingerprint density at radius 1 is 1.22 bits per heavy atom.